The largest absolute Gasteiger partial charge is 0.340 e. The molecule has 5 nitrogen and oxygen atoms in total. The Balaban J connectivity index is 2.14. The molecule has 2 N–H and O–H groups in total. The Morgan fingerprint density at radius 1 is 1.00 bits per heavy atom. The fraction of sp³-hybridized carbons (Fsp3) is 0.286. The second-order valence-corrected chi connectivity index (χ2v) is 7.75. The normalized spacial score (nSPS) is 11.8. The van der Waals surface area contributed by atoms with E-state index in [1.165, 1.54) is 19.1 Å². The predicted octanol–water partition coefficient (Wildman–Crippen LogP) is 4.98. The minimum absolute atomic E-state index is 0.0531. The first kappa shape index (κ1) is 21.9. The number of anilines is 1. The molecule has 148 valence electrons. The van der Waals surface area contributed by atoms with E-state index in [2.05, 4.69) is 10.6 Å². The van der Waals surface area contributed by atoms with Gasteiger partial charge in [-0.2, -0.15) is 0 Å². The Hall–Kier alpha value is -2.37. The molecule has 0 aliphatic carbocycles. The quantitative estimate of drug-likeness (QED) is 0.620. The molecule has 1 atom stereocenters. The third-order valence-corrected chi connectivity index (χ3v) is 4.61. The maximum Gasteiger partial charge on any atom is 0.253 e. The number of halogens is 2. The van der Waals surface area contributed by atoms with Gasteiger partial charge in [0, 0.05) is 16.3 Å². The Morgan fingerprint density at radius 3 is 2.18 bits per heavy atom. The topological polar surface area (TPSA) is 75.3 Å². The van der Waals surface area contributed by atoms with Crippen molar-refractivity contribution in [2.24, 2.45) is 5.92 Å². The van der Waals surface area contributed by atoms with E-state index < -0.39 is 11.9 Å². The first-order valence-corrected chi connectivity index (χ1v) is 9.60. The molecule has 2 aromatic rings. The zero-order valence-corrected chi connectivity index (χ0v) is 17.4. The van der Waals surface area contributed by atoms with Crippen molar-refractivity contribution in [1.29, 1.82) is 0 Å². The summed E-state index contributed by atoms with van der Waals surface area (Å²) in [4.78, 5) is 36.7. The highest BCUT2D eigenvalue weighted by Gasteiger charge is 2.23. The summed E-state index contributed by atoms with van der Waals surface area (Å²) in [5.74, 6) is -0.670. The highest BCUT2D eigenvalue weighted by molar-refractivity contribution is 6.36. The summed E-state index contributed by atoms with van der Waals surface area (Å²) < 4.78 is 0. The monoisotopic (exact) mass is 420 g/mol. The van der Waals surface area contributed by atoms with E-state index in [0.717, 1.165) is 0 Å². The van der Waals surface area contributed by atoms with Gasteiger partial charge in [-0.15, -0.1) is 0 Å². The van der Waals surface area contributed by atoms with E-state index in [0.29, 0.717) is 22.7 Å². The minimum Gasteiger partial charge on any atom is -0.340 e. The number of Topliss-reactive ketones (excluding diaryl/α,β-unsaturated/α-hetero) is 1. The molecule has 0 aliphatic heterocycles. The van der Waals surface area contributed by atoms with Crippen molar-refractivity contribution in [3.05, 3.63) is 63.6 Å². The van der Waals surface area contributed by atoms with E-state index in [9.17, 15) is 14.4 Å². The average molecular weight is 421 g/mol. The van der Waals surface area contributed by atoms with Gasteiger partial charge in [-0.1, -0.05) is 37.0 Å². The zero-order chi connectivity index (χ0) is 20.8. The minimum atomic E-state index is -0.744. The van der Waals surface area contributed by atoms with E-state index >= 15 is 0 Å². The fourth-order valence-corrected chi connectivity index (χ4v) is 3.12. The number of nitrogens with one attached hydrogen (secondary N) is 2. The SMILES string of the molecule is CC(=O)c1ccc(NC(=O)C(CC(C)C)NC(=O)c2ccc(Cl)cc2Cl)cc1. The number of hydrogen-bond acceptors (Lipinski definition) is 3. The maximum absolute atomic E-state index is 12.7. The molecule has 0 saturated heterocycles. The second-order valence-electron chi connectivity index (χ2n) is 6.90. The van der Waals surface area contributed by atoms with E-state index in [1.54, 1.807) is 30.3 Å². The van der Waals surface area contributed by atoms with E-state index in [1.807, 2.05) is 13.8 Å². The molecular formula is C21H22Cl2N2O3. The van der Waals surface area contributed by atoms with Gasteiger partial charge >= 0.3 is 0 Å². The van der Waals surface area contributed by atoms with Crippen molar-refractivity contribution in [2.75, 3.05) is 5.32 Å². The summed E-state index contributed by atoms with van der Waals surface area (Å²) in [5, 5.41) is 6.16. The third kappa shape index (κ3) is 6.08. The van der Waals surface area contributed by atoms with Gasteiger partial charge in [-0.3, -0.25) is 14.4 Å². The van der Waals surface area contributed by atoms with Crippen LogP contribution in [0.3, 0.4) is 0 Å². The van der Waals surface area contributed by atoms with Crippen LogP contribution >= 0.6 is 23.2 Å². The summed E-state index contributed by atoms with van der Waals surface area (Å²) in [6.07, 6.45) is 0.453. The molecule has 0 aromatic heterocycles. The molecule has 0 saturated carbocycles. The van der Waals surface area contributed by atoms with Crippen LogP contribution in [0.4, 0.5) is 5.69 Å². The van der Waals surface area contributed by atoms with Gasteiger partial charge in [0.05, 0.1) is 10.6 Å². The smallest absolute Gasteiger partial charge is 0.253 e. The van der Waals surface area contributed by atoms with Crippen molar-refractivity contribution in [3.63, 3.8) is 0 Å². The van der Waals surface area contributed by atoms with Crippen LogP contribution in [0.15, 0.2) is 42.5 Å². The summed E-state index contributed by atoms with van der Waals surface area (Å²) in [6, 6.07) is 10.4. The van der Waals surface area contributed by atoms with Gasteiger partial charge < -0.3 is 10.6 Å². The first-order valence-electron chi connectivity index (χ1n) is 8.85. The molecule has 7 heteroatoms. The van der Waals surface area contributed by atoms with Gasteiger partial charge in [-0.25, -0.2) is 0 Å². The Morgan fingerprint density at radius 2 is 1.64 bits per heavy atom. The van der Waals surface area contributed by atoms with Gasteiger partial charge in [-0.05, 0) is 61.7 Å². The van der Waals surface area contributed by atoms with Crippen LogP contribution in [0.25, 0.3) is 0 Å². The highest BCUT2D eigenvalue weighted by atomic mass is 35.5. The molecule has 28 heavy (non-hydrogen) atoms. The van der Waals surface area contributed by atoms with E-state index in [4.69, 9.17) is 23.2 Å². The number of rotatable bonds is 7. The second kappa shape index (κ2) is 9.71. The Bertz CT molecular complexity index is 880. The van der Waals surface area contributed by atoms with Crippen molar-refractivity contribution in [3.8, 4) is 0 Å². The Labute approximate surface area is 174 Å². The average Bonchev–Trinajstić information content (AvgIpc) is 2.61. The molecule has 2 rings (SSSR count). The van der Waals surface area contributed by atoms with Crippen LogP contribution in [0, 0.1) is 5.92 Å². The molecule has 0 aliphatic rings. The van der Waals surface area contributed by atoms with Crippen LogP contribution < -0.4 is 10.6 Å². The van der Waals surface area contributed by atoms with Gasteiger partial charge in [0.2, 0.25) is 5.91 Å². The summed E-state index contributed by atoms with van der Waals surface area (Å²) in [7, 11) is 0. The number of amides is 2. The standard InChI is InChI=1S/C21H22Cl2N2O3/c1-12(2)10-19(25-20(27)17-9-6-15(22)11-18(17)23)21(28)24-16-7-4-14(5-8-16)13(3)26/h4-9,11-12,19H,10H2,1-3H3,(H,24,28)(H,25,27). The molecule has 0 spiro atoms. The van der Waals surface area contributed by atoms with Crippen LogP contribution in [-0.4, -0.2) is 23.6 Å². The maximum atomic E-state index is 12.7. The zero-order valence-electron chi connectivity index (χ0n) is 15.9. The molecule has 2 amide bonds. The molecule has 1 unspecified atom stereocenters. The van der Waals surface area contributed by atoms with Gasteiger partial charge in [0.1, 0.15) is 6.04 Å². The Kier molecular flexibility index (Phi) is 7.61. The van der Waals surface area contributed by atoms with Crippen molar-refractivity contribution < 1.29 is 14.4 Å². The van der Waals surface area contributed by atoms with Crippen molar-refractivity contribution in [1.82, 2.24) is 5.32 Å². The van der Waals surface area contributed by atoms with Crippen LogP contribution in [0.5, 0.6) is 0 Å². The summed E-state index contributed by atoms with van der Waals surface area (Å²) in [5.41, 5.74) is 1.35. The lowest BCUT2D eigenvalue weighted by molar-refractivity contribution is -0.118. The van der Waals surface area contributed by atoms with Gasteiger partial charge in [0.25, 0.3) is 5.91 Å². The molecule has 0 fully saturated rings. The molecule has 0 radical (unpaired) electrons. The number of hydrogen-bond donors (Lipinski definition) is 2. The number of ketones is 1. The fourth-order valence-electron chi connectivity index (χ4n) is 2.63. The highest BCUT2D eigenvalue weighted by Crippen LogP contribution is 2.21. The molecular weight excluding hydrogens is 399 g/mol. The predicted molar refractivity (Wildman–Crippen MR) is 112 cm³/mol. The molecule has 0 heterocycles. The van der Waals surface area contributed by atoms with E-state index in [-0.39, 0.29) is 28.2 Å². The first-order chi connectivity index (χ1) is 13.2. The van der Waals surface area contributed by atoms with Crippen LogP contribution in [0.2, 0.25) is 10.0 Å². The molecule has 0 bridgehead atoms. The number of carbonyl (C=O) groups is 3. The number of carbonyl (C=O) groups excluding carboxylic acids is 3. The lowest BCUT2D eigenvalue weighted by Crippen LogP contribution is -2.44. The lowest BCUT2D eigenvalue weighted by Gasteiger charge is -2.20. The van der Waals surface area contributed by atoms with Crippen LogP contribution in [-0.2, 0) is 4.79 Å². The molecule has 2 aromatic carbocycles. The van der Waals surface area contributed by atoms with Crippen LogP contribution in [0.1, 0.15) is 47.9 Å². The van der Waals surface area contributed by atoms with Crippen molar-refractivity contribution in [2.45, 2.75) is 33.2 Å². The van der Waals surface area contributed by atoms with Crippen molar-refractivity contribution >= 4 is 46.5 Å². The van der Waals surface area contributed by atoms with Gasteiger partial charge in [0.15, 0.2) is 5.78 Å². The summed E-state index contributed by atoms with van der Waals surface area (Å²) >= 11 is 12.0. The lowest BCUT2D eigenvalue weighted by atomic mass is 10.0. The third-order valence-electron chi connectivity index (χ3n) is 4.06. The summed E-state index contributed by atoms with van der Waals surface area (Å²) in [6.45, 7) is 5.40. The number of benzene rings is 2.